The minimum Gasteiger partial charge on any atom is -0.490 e. The molecule has 106 valence electrons. The Morgan fingerprint density at radius 1 is 1.26 bits per heavy atom. The van der Waals surface area contributed by atoms with Crippen molar-refractivity contribution in [2.24, 2.45) is 0 Å². The van der Waals surface area contributed by atoms with Crippen LogP contribution in [0.1, 0.15) is 26.3 Å². The summed E-state index contributed by atoms with van der Waals surface area (Å²) < 4.78 is 15.8. The highest BCUT2D eigenvalue weighted by Crippen LogP contribution is 2.29. The van der Waals surface area contributed by atoms with Gasteiger partial charge in [-0.1, -0.05) is 6.07 Å². The molecule has 0 spiro atoms. The van der Waals surface area contributed by atoms with Crippen LogP contribution in [0.15, 0.2) is 18.2 Å². The Labute approximate surface area is 113 Å². The van der Waals surface area contributed by atoms with Gasteiger partial charge in [0.2, 0.25) is 0 Å². The fourth-order valence-corrected chi connectivity index (χ4v) is 1.51. The van der Waals surface area contributed by atoms with Gasteiger partial charge < -0.3 is 19.3 Å². The first-order valence-corrected chi connectivity index (χ1v) is 6.32. The number of esters is 1. The van der Waals surface area contributed by atoms with Crippen LogP contribution in [0, 0.1) is 0 Å². The molecule has 0 aliphatic carbocycles. The first kappa shape index (κ1) is 15.3. The highest BCUT2D eigenvalue weighted by Gasteiger charge is 2.18. The highest BCUT2D eigenvalue weighted by atomic mass is 16.6. The number of aliphatic hydroxyl groups is 1. The van der Waals surface area contributed by atoms with E-state index < -0.39 is 12.1 Å². The van der Waals surface area contributed by atoms with Crippen molar-refractivity contribution >= 4 is 5.97 Å². The summed E-state index contributed by atoms with van der Waals surface area (Å²) in [5.41, 5.74) is 0.722. The molecule has 0 saturated heterocycles. The molecule has 1 rings (SSSR count). The van der Waals surface area contributed by atoms with E-state index in [1.54, 1.807) is 32.0 Å². The molecule has 1 atom stereocenters. The topological polar surface area (TPSA) is 65.0 Å². The Morgan fingerprint density at radius 3 is 2.58 bits per heavy atom. The summed E-state index contributed by atoms with van der Waals surface area (Å²) in [7, 11) is 0. The fraction of sp³-hybridized carbons (Fsp3) is 0.500. The van der Waals surface area contributed by atoms with Crippen molar-refractivity contribution < 1.29 is 24.1 Å². The summed E-state index contributed by atoms with van der Waals surface area (Å²) in [6.45, 7) is 5.92. The molecule has 0 saturated carbocycles. The number of carbonyl (C=O) groups is 1. The zero-order valence-corrected chi connectivity index (χ0v) is 11.5. The van der Waals surface area contributed by atoms with Gasteiger partial charge in [0.15, 0.2) is 17.6 Å². The van der Waals surface area contributed by atoms with Crippen molar-refractivity contribution in [1.82, 2.24) is 0 Å². The van der Waals surface area contributed by atoms with E-state index in [-0.39, 0.29) is 6.61 Å². The summed E-state index contributed by atoms with van der Waals surface area (Å²) in [5, 5.41) is 9.09. The Kier molecular flexibility index (Phi) is 6.15. The molecule has 0 fully saturated rings. The lowest BCUT2D eigenvalue weighted by molar-refractivity contribution is -0.150. The van der Waals surface area contributed by atoms with Gasteiger partial charge in [-0.05, 0) is 38.5 Å². The van der Waals surface area contributed by atoms with Crippen LogP contribution in [-0.2, 0) is 16.1 Å². The summed E-state index contributed by atoms with van der Waals surface area (Å²) >= 11 is 0. The predicted molar refractivity (Wildman–Crippen MR) is 70.3 cm³/mol. The number of hydrogen-bond acceptors (Lipinski definition) is 5. The molecule has 0 aliphatic rings. The third-order valence-electron chi connectivity index (χ3n) is 2.41. The van der Waals surface area contributed by atoms with E-state index in [1.807, 2.05) is 6.92 Å². The first-order valence-electron chi connectivity index (χ1n) is 6.32. The van der Waals surface area contributed by atoms with Crippen LogP contribution in [0.25, 0.3) is 0 Å². The molecule has 0 bridgehead atoms. The molecular weight excluding hydrogens is 248 g/mol. The van der Waals surface area contributed by atoms with Gasteiger partial charge in [-0.3, -0.25) is 0 Å². The maximum absolute atomic E-state index is 11.5. The lowest BCUT2D eigenvalue weighted by Gasteiger charge is -2.16. The second-order valence-electron chi connectivity index (χ2n) is 3.88. The van der Waals surface area contributed by atoms with Crippen molar-refractivity contribution in [2.45, 2.75) is 33.5 Å². The lowest BCUT2D eigenvalue weighted by atomic mass is 10.2. The van der Waals surface area contributed by atoms with Gasteiger partial charge in [0.25, 0.3) is 0 Å². The van der Waals surface area contributed by atoms with Crippen LogP contribution in [-0.4, -0.2) is 30.4 Å². The summed E-state index contributed by atoms with van der Waals surface area (Å²) in [4.78, 5) is 11.5. The second-order valence-corrected chi connectivity index (χ2v) is 3.88. The highest BCUT2D eigenvalue weighted by molar-refractivity contribution is 5.74. The van der Waals surface area contributed by atoms with Gasteiger partial charge in [0, 0.05) is 0 Å². The van der Waals surface area contributed by atoms with Gasteiger partial charge >= 0.3 is 5.97 Å². The van der Waals surface area contributed by atoms with Crippen LogP contribution in [0.4, 0.5) is 0 Å². The van der Waals surface area contributed by atoms with Gasteiger partial charge in [0.05, 0.1) is 19.8 Å². The largest absolute Gasteiger partial charge is 0.490 e. The molecule has 0 aliphatic heterocycles. The van der Waals surface area contributed by atoms with E-state index in [0.29, 0.717) is 24.7 Å². The molecule has 5 nitrogen and oxygen atoms in total. The maximum atomic E-state index is 11.5. The van der Waals surface area contributed by atoms with Crippen molar-refractivity contribution in [2.75, 3.05) is 13.2 Å². The van der Waals surface area contributed by atoms with E-state index in [0.717, 1.165) is 5.56 Å². The van der Waals surface area contributed by atoms with E-state index in [9.17, 15) is 4.79 Å². The van der Waals surface area contributed by atoms with Crippen LogP contribution in [0.2, 0.25) is 0 Å². The van der Waals surface area contributed by atoms with Crippen LogP contribution in [0.5, 0.6) is 11.5 Å². The Hall–Kier alpha value is -1.75. The number of hydrogen-bond donors (Lipinski definition) is 1. The Balaban J connectivity index is 2.84. The van der Waals surface area contributed by atoms with Gasteiger partial charge in [0.1, 0.15) is 0 Å². The molecule has 1 aromatic carbocycles. The molecule has 19 heavy (non-hydrogen) atoms. The number of carbonyl (C=O) groups excluding carboxylic acids is 1. The molecule has 5 heteroatoms. The monoisotopic (exact) mass is 268 g/mol. The van der Waals surface area contributed by atoms with E-state index >= 15 is 0 Å². The van der Waals surface area contributed by atoms with Gasteiger partial charge in [-0.2, -0.15) is 0 Å². The van der Waals surface area contributed by atoms with E-state index in [1.165, 1.54) is 0 Å². The third-order valence-corrected chi connectivity index (χ3v) is 2.41. The summed E-state index contributed by atoms with van der Waals surface area (Å²) in [6, 6.07) is 5.08. The molecule has 1 unspecified atom stereocenters. The van der Waals surface area contributed by atoms with Crippen molar-refractivity contribution in [1.29, 1.82) is 0 Å². The van der Waals surface area contributed by atoms with Crippen molar-refractivity contribution in [3.05, 3.63) is 23.8 Å². The molecule has 0 amide bonds. The van der Waals surface area contributed by atoms with E-state index in [2.05, 4.69) is 0 Å². The minimum absolute atomic E-state index is 0.0756. The first-order chi connectivity index (χ1) is 9.12. The average Bonchev–Trinajstić information content (AvgIpc) is 2.41. The zero-order valence-electron chi connectivity index (χ0n) is 11.5. The van der Waals surface area contributed by atoms with Gasteiger partial charge in [-0.15, -0.1) is 0 Å². The zero-order chi connectivity index (χ0) is 14.3. The standard InChI is InChI=1S/C14H20O5/c1-4-17-13-8-11(9-15)6-7-12(13)19-10(3)14(16)18-5-2/h6-8,10,15H,4-5,9H2,1-3H3. The number of ether oxygens (including phenoxy) is 3. The molecule has 0 aromatic heterocycles. The molecule has 0 heterocycles. The van der Waals surface area contributed by atoms with Crippen molar-refractivity contribution in [3.63, 3.8) is 0 Å². The van der Waals surface area contributed by atoms with Crippen LogP contribution in [0.3, 0.4) is 0 Å². The number of benzene rings is 1. The number of rotatable bonds is 7. The normalized spacial score (nSPS) is 11.8. The summed E-state index contributed by atoms with van der Waals surface area (Å²) in [5.74, 6) is 0.543. The average molecular weight is 268 g/mol. The molecule has 0 radical (unpaired) electrons. The minimum atomic E-state index is -0.709. The van der Waals surface area contributed by atoms with E-state index in [4.69, 9.17) is 19.3 Å². The third kappa shape index (κ3) is 4.44. The summed E-state index contributed by atoms with van der Waals surface area (Å²) in [6.07, 6.45) is -0.709. The Morgan fingerprint density at radius 2 is 2.00 bits per heavy atom. The predicted octanol–water partition coefficient (Wildman–Crippen LogP) is 1.91. The number of aliphatic hydroxyl groups excluding tert-OH is 1. The fourth-order valence-electron chi connectivity index (χ4n) is 1.51. The quantitative estimate of drug-likeness (QED) is 0.765. The molecule has 1 N–H and O–H groups in total. The Bertz CT molecular complexity index is 416. The van der Waals surface area contributed by atoms with Crippen LogP contribution >= 0.6 is 0 Å². The molecule has 1 aromatic rings. The van der Waals surface area contributed by atoms with Crippen LogP contribution < -0.4 is 9.47 Å². The second kappa shape index (κ2) is 7.63. The van der Waals surface area contributed by atoms with Gasteiger partial charge in [-0.25, -0.2) is 4.79 Å². The maximum Gasteiger partial charge on any atom is 0.347 e. The van der Waals surface area contributed by atoms with Crippen molar-refractivity contribution in [3.8, 4) is 11.5 Å². The SMILES string of the molecule is CCOC(=O)C(C)Oc1ccc(CO)cc1OCC. The molecular formula is C14H20O5. The lowest BCUT2D eigenvalue weighted by Crippen LogP contribution is -2.26. The smallest absolute Gasteiger partial charge is 0.347 e.